The fourth-order valence-electron chi connectivity index (χ4n) is 3.69. The van der Waals surface area contributed by atoms with Crippen LogP contribution in [0.1, 0.15) is 36.7 Å². The zero-order valence-electron chi connectivity index (χ0n) is 19.1. The molecule has 8 heteroatoms. The zero-order valence-corrected chi connectivity index (χ0v) is 19.1. The van der Waals surface area contributed by atoms with Crippen LogP contribution in [0.2, 0.25) is 0 Å². The normalized spacial score (nSPS) is 12.1. The van der Waals surface area contributed by atoms with Gasteiger partial charge in [0.2, 0.25) is 0 Å². The number of hydrogen-bond donors (Lipinski definition) is 1. The van der Waals surface area contributed by atoms with Crippen LogP contribution >= 0.6 is 0 Å². The van der Waals surface area contributed by atoms with E-state index in [-0.39, 0.29) is 27.8 Å². The molecule has 0 aliphatic rings. The van der Waals surface area contributed by atoms with Crippen LogP contribution in [-0.4, -0.2) is 21.7 Å². The van der Waals surface area contributed by atoms with Crippen molar-refractivity contribution < 1.29 is 32.2 Å². The minimum Gasteiger partial charge on any atom is -0.488 e. The smallest absolute Gasteiger partial charge is 0.416 e. The molecule has 1 aromatic heterocycles. The Balaban J connectivity index is 1.73. The number of carbonyl (C=O) groups is 1. The lowest BCUT2D eigenvalue weighted by molar-refractivity contribution is -0.137. The van der Waals surface area contributed by atoms with Crippen molar-refractivity contribution in [3.63, 3.8) is 0 Å². The van der Waals surface area contributed by atoms with Gasteiger partial charge in [0.15, 0.2) is 0 Å². The van der Waals surface area contributed by atoms with Crippen molar-refractivity contribution in [2.75, 3.05) is 0 Å². The van der Waals surface area contributed by atoms with Crippen molar-refractivity contribution in [1.82, 2.24) is 4.98 Å². The molecule has 1 heterocycles. The van der Waals surface area contributed by atoms with Gasteiger partial charge in [-0.15, -0.1) is 0 Å². The maximum absolute atomic E-state index is 15.0. The number of ether oxygens (including phenoxy) is 1. The first-order valence-electron chi connectivity index (χ1n) is 10.7. The highest BCUT2D eigenvalue weighted by Gasteiger charge is 2.31. The van der Waals surface area contributed by atoms with Gasteiger partial charge in [0.25, 0.3) is 0 Å². The van der Waals surface area contributed by atoms with E-state index >= 15 is 4.39 Å². The minimum absolute atomic E-state index is 0.0619. The number of alkyl halides is 3. The zero-order chi connectivity index (χ0) is 25.5. The lowest BCUT2D eigenvalue weighted by Crippen LogP contribution is -2.22. The highest BCUT2D eigenvalue weighted by Crippen LogP contribution is 2.34. The Labute approximate surface area is 198 Å². The third-order valence-electron chi connectivity index (χ3n) is 5.22. The number of aromatic nitrogens is 1. The number of rotatable bonds is 4. The number of carboxylic acids is 1. The third-order valence-corrected chi connectivity index (χ3v) is 5.22. The second-order valence-electron chi connectivity index (χ2n) is 9.02. The van der Waals surface area contributed by atoms with Gasteiger partial charge in [-0.05, 0) is 68.8 Å². The molecule has 0 atom stereocenters. The summed E-state index contributed by atoms with van der Waals surface area (Å²) in [4.78, 5) is 16.1. The first-order chi connectivity index (χ1) is 16.3. The van der Waals surface area contributed by atoms with Gasteiger partial charge in [0.1, 0.15) is 17.2 Å². The Bertz CT molecular complexity index is 1420. The van der Waals surface area contributed by atoms with Gasteiger partial charge < -0.3 is 9.84 Å². The van der Waals surface area contributed by atoms with Gasteiger partial charge in [0.05, 0.1) is 22.3 Å². The van der Waals surface area contributed by atoms with Crippen LogP contribution in [-0.2, 0) is 6.18 Å². The number of carboxylic acid groups (broad SMARTS) is 1. The Hall–Kier alpha value is -3.94. The van der Waals surface area contributed by atoms with Crippen molar-refractivity contribution in [3.05, 3.63) is 83.7 Å². The van der Waals surface area contributed by atoms with E-state index in [0.717, 1.165) is 24.3 Å². The van der Waals surface area contributed by atoms with Crippen LogP contribution in [0.5, 0.6) is 5.75 Å². The van der Waals surface area contributed by atoms with Gasteiger partial charge in [-0.2, -0.15) is 13.2 Å². The van der Waals surface area contributed by atoms with E-state index in [4.69, 9.17) is 4.74 Å². The number of benzene rings is 3. The van der Waals surface area contributed by atoms with Gasteiger partial charge >= 0.3 is 12.1 Å². The van der Waals surface area contributed by atoms with Crippen LogP contribution in [0.25, 0.3) is 33.3 Å². The minimum atomic E-state index is -4.63. The molecule has 0 amide bonds. The molecule has 0 aliphatic heterocycles. The number of aromatic carboxylic acids is 1. The maximum Gasteiger partial charge on any atom is 0.416 e. The van der Waals surface area contributed by atoms with Crippen LogP contribution < -0.4 is 4.74 Å². The number of nitrogens with zero attached hydrogens (tertiary/aromatic N) is 1. The molecule has 1 N–H and O–H groups in total. The van der Waals surface area contributed by atoms with Gasteiger partial charge in [-0.1, -0.05) is 24.3 Å². The van der Waals surface area contributed by atoms with Crippen molar-refractivity contribution in [3.8, 4) is 28.1 Å². The van der Waals surface area contributed by atoms with Crippen LogP contribution in [0.15, 0.2) is 66.7 Å². The first-order valence-corrected chi connectivity index (χ1v) is 10.7. The lowest BCUT2D eigenvalue weighted by atomic mass is 9.99. The van der Waals surface area contributed by atoms with Crippen LogP contribution in [0.4, 0.5) is 17.6 Å². The van der Waals surface area contributed by atoms with Crippen molar-refractivity contribution in [2.45, 2.75) is 32.5 Å². The summed E-state index contributed by atoms with van der Waals surface area (Å²) in [5.41, 5.74) is -0.266. The second kappa shape index (κ2) is 8.69. The Kier molecular flexibility index (Phi) is 6.00. The monoisotopic (exact) mass is 483 g/mol. The molecular formula is C27H21F4NO3. The average Bonchev–Trinajstić information content (AvgIpc) is 2.77. The molecule has 3 aromatic carbocycles. The fourth-order valence-corrected chi connectivity index (χ4v) is 3.69. The van der Waals surface area contributed by atoms with Crippen molar-refractivity contribution in [2.24, 2.45) is 0 Å². The van der Waals surface area contributed by atoms with E-state index < -0.39 is 23.5 Å². The average molecular weight is 483 g/mol. The van der Waals surface area contributed by atoms with E-state index in [1.54, 1.807) is 36.4 Å². The molecule has 4 rings (SSSR count). The molecule has 4 nitrogen and oxygen atoms in total. The SMILES string of the molecule is CC(C)(C)Oc1ccc(-c2ccc(-c3cc(C(=O)O)c4cc(C(F)(F)F)ccc4n3)cc2F)cc1. The summed E-state index contributed by atoms with van der Waals surface area (Å²) < 4.78 is 60.1. The summed E-state index contributed by atoms with van der Waals surface area (Å²) in [7, 11) is 0. The highest BCUT2D eigenvalue weighted by atomic mass is 19.4. The van der Waals surface area contributed by atoms with E-state index in [0.29, 0.717) is 22.4 Å². The molecule has 180 valence electrons. The van der Waals surface area contributed by atoms with Gasteiger partial charge in [-0.3, -0.25) is 0 Å². The van der Waals surface area contributed by atoms with Gasteiger partial charge in [0, 0.05) is 16.5 Å². The lowest BCUT2D eigenvalue weighted by Gasteiger charge is -2.21. The second-order valence-corrected chi connectivity index (χ2v) is 9.02. The predicted octanol–water partition coefficient (Wildman–Crippen LogP) is 7.60. The van der Waals surface area contributed by atoms with Gasteiger partial charge in [-0.25, -0.2) is 14.2 Å². The molecule has 0 saturated carbocycles. The standard InChI is InChI=1S/C27H21F4NO3/c1-26(2,3)35-18-8-4-15(5-9-18)19-10-6-16(12-22(19)28)24-14-21(25(33)34)20-13-17(27(29,30)31)7-11-23(20)32-24/h4-14H,1-3H3,(H,33,34). The summed E-state index contributed by atoms with van der Waals surface area (Å²) in [5.74, 6) is -1.32. The molecule has 4 aromatic rings. The number of hydrogen-bond acceptors (Lipinski definition) is 3. The number of pyridine rings is 1. The largest absolute Gasteiger partial charge is 0.488 e. The topological polar surface area (TPSA) is 59.4 Å². The third kappa shape index (κ3) is 5.26. The summed E-state index contributed by atoms with van der Waals surface area (Å²) >= 11 is 0. The molecule has 0 spiro atoms. The van der Waals surface area contributed by atoms with E-state index in [1.165, 1.54) is 6.07 Å². The molecule has 0 aliphatic carbocycles. The quantitative estimate of drug-likeness (QED) is 0.304. The Morgan fingerprint density at radius 1 is 0.886 bits per heavy atom. The van der Waals surface area contributed by atoms with E-state index in [2.05, 4.69) is 4.98 Å². The maximum atomic E-state index is 15.0. The molecular weight excluding hydrogens is 462 g/mol. The number of fused-ring (bicyclic) bond motifs is 1. The number of halogens is 4. The first kappa shape index (κ1) is 24.2. The molecule has 0 fully saturated rings. The highest BCUT2D eigenvalue weighted by molar-refractivity contribution is 6.04. The Morgan fingerprint density at radius 2 is 1.54 bits per heavy atom. The molecule has 0 saturated heterocycles. The summed E-state index contributed by atoms with van der Waals surface area (Å²) in [6.45, 7) is 5.77. The molecule has 0 radical (unpaired) electrons. The summed E-state index contributed by atoms with van der Waals surface area (Å²) in [6, 6.07) is 15.2. The summed E-state index contributed by atoms with van der Waals surface area (Å²) in [6.07, 6.45) is -4.63. The molecule has 0 bridgehead atoms. The predicted molar refractivity (Wildman–Crippen MR) is 125 cm³/mol. The Morgan fingerprint density at radius 3 is 2.11 bits per heavy atom. The van der Waals surface area contributed by atoms with Crippen molar-refractivity contribution >= 4 is 16.9 Å². The van der Waals surface area contributed by atoms with E-state index in [9.17, 15) is 23.1 Å². The van der Waals surface area contributed by atoms with Crippen LogP contribution in [0.3, 0.4) is 0 Å². The van der Waals surface area contributed by atoms with Crippen molar-refractivity contribution in [1.29, 1.82) is 0 Å². The summed E-state index contributed by atoms with van der Waals surface area (Å²) in [5, 5.41) is 9.45. The van der Waals surface area contributed by atoms with E-state index in [1.807, 2.05) is 20.8 Å². The van der Waals surface area contributed by atoms with Crippen LogP contribution in [0, 0.1) is 5.82 Å². The molecule has 0 unspecified atom stereocenters. The molecule has 35 heavy (non-hydrogen) atoms. The fraction of sp³-hybridized carbons (Fsp3) is 0.185.